The molecule has 6 nitrogen and oxygen atoms in total. The molecule has 116 valence electrons. The van der Waals surface area contributed by atoms with Gasteiger partial charge < -0.3 is 0 Å². The highest BCUT2D eigenvalue weighted by atomic mass is 32.2. The van der Waals surface area contributed by atoms with Gasteiger partial charge in [0.25, 0.3) is 0 Å². The first-order valence-corrected chi connectivity index (χ1v) is 9.50. The molecule has 2 heterocycles. The average Bonchev–Trinajstić information content (AvgIpc) is 2.84. The van der Waals surface area contributed by atoms with Crippen molar-refractivity contribution in [1.29, 1.82) is 5.26 Å². The smallest absolute Gasteiger partial charge is 0.230 e. The van der Waals surface area contributed by atoms with Crippen LogP contribution in [0.2, 0.25) is 0 Å². The Morgan fingerprint density at radius 3 is 2.86 bits per heavy atom. The standard InChI is InChI=1S/C13H20N4O2S2/c1-2-13(8-14)21(18,19)17-5-3-4-16(6-7-17)9-12-10-20-11-15-12/h10-11,13H,2-7,9H2,1H3/t13-/m1/s1. The van der Waals surface area contributed by atoms with Gasteiger partial charge >= 0.3 is 0 Å². The predicted molar refractivity (Wildman–Crippen MR) is 82.2 cm³/mol. The van der Waals surface area contributed by atoms with Gasteiger partial charge in [-0.3, -0.25) is 4.90 Å². The Morgan fingerprint density at radius 2 is 2.24 bits per heavy atom. The molecular formula is C13H20N4O2S2. The van der Waals surface area contributed by atoms with Crippen molar-refractivity contribution < 1.29 is 8.42 Å². The highest BCUT2D eigenvalue weighted by molar-refractivity contribution is 7.90. The lowest BCUT2D eigenvalue weighted by molar-refractivity contribution is 0.276. The molecule has 1 saturated heterocycles. The Balaban J connectivity index is 1.99. The van der Waals surface area contributed by atoms with E-state index in [1.54, 1.807) is 18.3 Å². The number of aromatic nitrogens is 1. The fourth-order valence-electron chi connectivity index (χ4n) is 2.45. The van der Waals surface area contributed by atoms with Gasteiger partial charge in [0, 0.05) is 31.6 Å². The largest absolute Gasteiger partial charge is 0.296 e. The number of hydrogen-bond donors (Lipinski definition) is 0. The molecule has 0 N–H and O–H groups in total. The molecule has 1 aliphatic rings. The second-order valence-electron chi connectivity index (χ2n) is 5.08. The molecule has 0 amide bonds. The lowest BCUT2D eigenvalue weighted by Gasteiger charge is -2.23. The quantitative estimate of drug-likeness (QED) is 0.814. The molecule has 0 spiro atoms. The predicted octanol–water partition coefficient (Wildman–Crippen LogP) is 1.28. The van der Waals surface area contributed by atoms with E-state index in [1.807, 2.05) is 17.0 Å². The molecule has 2 rings (SSSR count). The molecule has 0 aromatic carbocycles. The topological polar surface area (TPSA) is 77.3 Å². The van der Waals surface area contributed by atoms with Crippen molar-refractivity contribution in [3.05, 3.63) is 16.6 Å². The van der Waals surface area contributed by atoms with E-state index >= 15 is 0 Å². The van der Waals surface area contributed by atoms with E-state index in [2.05, 4.69) is 9.88 Å². The molecule has 1 aliphatic heterocycles. The third kappa shape index (κ3) is 4.01. The molecule has 0 saturated carbocycles. The first kappa shape index (κ1) is 16.4. The minimum Gasteiger partial charge on any atom is -0.296 e. The van der Waals surface area contributed by atoms with Crippen LogP contribution in [0.1, 0.15) is 25.5 Å². The minimum absolute atomic E-state index is 0.331. The Labute approximate surface area is 130 Å². The second-order valence-corrected chi connectivity index (χ2v) is 7.91. The molecule has 8 heteroatoms. The van der Waals surface area contributed by atoms with Crippen LogP contribution in [-0.4, -0.2) is 54.0 Å². The number of thiazole rings is 1. The summed E-state index contributed by atoms with van der Waals surface area (Å²) < 4.78 is 26.3. The van der Waals surface area contributed by atoms with E-state index in [1.165, 1.54) is 4.31 Å². The van der Waals surface area contributed by atoms with Gasteiger partial charge in [0.1, 0.15) is 0 Å². The summed E-state index contributed by atoms with van der Waals surface area (Å²) in [6, 6.07) is 1.91. The zero-order valence-electron chi connectivity index (χ0n) is 12.1. The van der Waals surface area contributed by atoms with Crippen molar-refractivity contribution in [2.75, 3.05) is 26.2 Å². The Morgan fingerprint density at radius 1 is 1.43 bits per heavy atom. The molecular weight excluding hydrogens is 308 g/mol. The van der Waals surface area contributed by atoms with E-state index in [0.29, 0.717) is 26.1 Å². The van der Waals surface area contributed by atoms with Crippen LogP contribution in [0.25, 0.3) is 0 Å². The van der Waals surface area contributed by atoms with Crippen LogP contribution in [0.5, 0.6) is 0 Å². The maximum atomic E-state index is 12.4. The van der Waals surface area contributed by atoms with Gasteiger partial charge in [-0.1, -0.05) is 6.92 Å². The third-order valence-electron chi connectivity index (χ3n) is 3.65. The summed E-state index contributed by atoms with van der Waals surface area (Å²) in [5.74, 6) is 0. The van der Waals surface area contributed by atoms with Crippen molar-refractivity contribution in [2.45, 2.75) is 31.6 Å². The molecule has 0 bridgehead atoms. The average molecular weight is 328 g/mol. The fourth-order valence-corrected chi connectivity index (χ4v) is 4.64. The van der Waals surface area contributed by atoms with Crippen LogP contribution in [0.15, 0.2) is 10.9 Å². The van der Waals surface area contributed by atoms with E-state index < -0.39 is 15.3 Å². The van der Waals surface area contributed by atoms with Gasteiger partial charge in [0.15, 0.2) is 5.25 Å². The number of nitriles is 1. The molecule has 21 heavy (non-hydrogen) atoms. The fraction of sp³-hybridized carbons (Fsp3) is 0.692. The zero-order valence-corrected chi connectivity index (χ0v) is 13.7. The van der Waals surface area contributed by atoms with Crippen LogP contribution >= 0.6 is 11.3 Å². The summed E-state index contributed by atoms with van der Waals surface area (Å²) in [6.45, 7) is 4.97. The molecule has 0 radical (unpaired) electrons. The van der Waals surface area contributed by atoms with Gasteiger partial charge in [0.05, 0.1) is 17.3 Å². The SMILES string of the molecule is CC[C@H](C#N)S(=O)(=O)N1CCCN(Cc2cscn2)CC1. The van der Waals surface area contributed by atoms with Gasteiger partial charge in [-0.15, -0.1) is 11.3 Å². The zero-order chi connectivity index (χ0) is 15.3. The third-order valence-corrected chi connectivity index (χ3v) is 6.53. The van der Waals surface area contributed by atoms with E-state index in [0.717, 1.165) is 25.2 Å². The van der Waals surface area contributed by atoms with Crippen molar-refractivity contribution in [3.63, 3.8) is 0 Å². The molecule has 1 atom stereocenters. The number of rotatable bonds is 5. The highest BCUT2D eigenvalue weighted by Gasteiger charge is 2.32. The number of sulfonamides is 1. The summed E-state index contributed by atoms with van der Waals surface area (Å²) in [4.78, 5) is 6.49. The van der Waals surface area contributed by atoms with E-state index in [4.69, 9.17) is 5.26 Å². The van der Waals surface area contributed by atoms with Crippen molar-refractivity contribution in [1.82, 2.24) is 14.2 Å². The second kappa shape index (κ2) is 7.31. The summed E-state index contributed by atoms with van der Waals surface area (Å²) in [7, 11) is -3.50. The molecule has 1 fully saturated rings. The maximum absolute atomic E-state index is 12.4. The van der Waals surface area contributed by atoms with Crippen molar-refractivity contribution >= 4 is 21.4 Å². The summed E-state index contributed by atoms with van der Waals surface area (Å²) in [6.07, 6.45) is 1.11. The van der Waals surface area contributed by atoms with Crippen LogP contribution in [0, 0.1) is 11.3 Å². The highest BCUT2D eigenvalue weighted by Crippen LogP contribution is 2.16. The van der Waals surface area contributed by atoms with Crippen molar-refractivity contribution in [2.24, 2.45) is 0 Å². The first-order chi connectivity index (χ1) is 10.1. The molecule has 0 unspecified atom stereocenters. The Kier molecular flexibility index (Phi) is 5.70. The number of hydrogen-bond acceptors (Lipinski definition) is 6. The van der Waals surface area contributed by atoms with E-state index in [9.17, 15) is 8.42 Å². The van der Waals surface area contributed by atoms with Gasteiger partial charge in [-0.2, -0.15) is 9.57 Å². The maximum Gasteiger partial charge on any atom is 0.230 e. The van der Waals surface area contributed by atoms with E-state index in [-0.39, 0.29) is 0 Å². The van der Waals surface area contributed by atoms with Crippen LogP contribution in [0.3, 0.4) is 0 Å². The van der Waals surface area contributed by atoms with Crippen LogP contribution < -0.4 is 0 Å². The monoisotopic (exact) mass is 328 g/mol. The lowest BCUT2D eigenvalue weighted by atomic mass is 10.3. The first-order valence-electron chi connectivity index (χ1n) is 7.06. The van der Waals surface area contributed by atoms with Crippen LogP contribution in [-0.2, 0) is 16.6 Å². The van der Waals surface area contributed by atoms with Crippen molar-refractivity contribution in [3.8, 4) is 6.07 Å². The lowest BCUT2D eigenvalue weighted by Crippen LogP contribution is -2.40. The Bertz CT molecular complexity index is 580. The minimum atomic E-state index is -3.50. The summed E-state index contributed by atoms with van der Waals surface area (Å²) in [5.41, 5.74) is 2.84. The normalized spacial score (nSPS) is 19.8. The summed E-state index contributed by atoms with van der Waals surface area (Å²) in [5, 5.41) is 10.1. The van der Waals surface area contributed by atoms with Crippen LogP contribution in [0.4, 0.5) is 0 Å². The number of nitrogens with zero attached hydrogens (tertiary/aromatic N) is 4. The molecule has 1 aromatic rings. The molecule has 1 aromatic heterocycles. The molecule has 0 aliphatic carbocycles. The van der Waals surface area contributed by atoms with Gasteiger partial charge in [-0.05, 0) is 19.4 Å². The Hall–Kier alpha value is -1.01. The summed E-state index contributed by atoms with van der Waals surface area (Å²) >= 11 is 1.57. The van der Waals surface area contributed by atoms with Gasteiger partial charge in [-0.25, -0.2) is 13.4 Å². The van der Waals surface area contributed by atoms with Gasteiger partial charge in [0.2, 0.25) is 10.0 Å².